The van der Waals surface area contributed by atoms with Crippen molar-refractivity contribution in [1.82, 2.24) is 30.3 Å². The quantitative estimate of drug-likeness (QED) is 0.767. The highest BCUT2D eigenvalue weighted by atomic mass is 32.1. The maximum absolute atomic E-state index is 4.96. The SMILES string of the molecule is COCCNCc1nnc(-n2nc(C)nc2C)s1. The molecule has 18 heavy (non-hydrogen) atoms. The Bertz CT molecular complexity index is 508. The molecule has 0 amide bonds. The minimum absolute atomic E-state index is 0.688. The molecule has 7 nitrogen and oxygen atoms in total. The van der Waals surface area contributed by atoms with Gasteiger partial charge in [0.15, 0.2) is 0 Å². The Kier molecular flexibility index (Phi) is 4.34. The second-order valence-electron chi connectivity index (χ2n) is 3.77. The lowest BCUT2D eigenvalue weighted by Gasteiger charge is -1.99. The molecule has 2 aromatic heterocycles. The molecule has 0 saturated carbocycles. The van der Waals surface area contributed by atoms with Crippen molar-refractivity contribution in [2.45, 2.75) is 20.4 Å². The lowest BCUT2D eigenvalue weighted by Crippen LogP contribution is -2.18. The number of nitrogens with one attached hydrogen (secondary N) is 1. The van der Waals surface area contributed by atoms with Gasteiger partial charge in [0.25, 0.3) is 0 Å². The first kappa shape index (κ1) is 13.1. The smallest absolute Gasteiger partial charge is 0.234 e. The Morgan fingerprint density at radius 2 is 2.17 bits per heavy atom. The number of rotatable bonds is 6. The summed E-state index contributed by atoms with van der Waals surface area (Å²) >= 11 is 1.51. The number of hydrogen-bond donors (Lipinski definition) is 1. The van der Waals surface area contributed by atoms with Crippen LogP contribution in [0.5, 0.6) is 0 Å². The summed E-state index contributed by atoms with van der Waals surface area (Å²) in [4.78, 5) is 4.24. The lowest BCUT2D eigenvalue weighted by atomic mass is 10.6. The molecule has 8 heteroatoms. The van der Waals surface area contributed by atoms with Crippen LogP contribution < -0.4 is 5.32 Å². The fourth-order valence-corrected chi connectivity index (χ4v) is 2.28. The molecule has 2 rings (SSSR count). The van der Waals surface area contributed by atoms with E-state index in [4.69, 9.17) is 4.74 Å². The lowest BCUT2D eigenvalue weighted by molar-refractivity contribution is 0.199. The molecule has 0 aliphatic rings. The summed E-state index contributed by atoms with van der Waals surface area (Å²) < 4.78 is 6.67. The van der Waals surface area contributed by atoms with E-state index in [1.54, 1.807) is 11.8 Å². The first-order valence-corrected chi connectivity index (χ1v) is 6.45. The Morgan fingerprint density at radius 3 is 2.83 bits per heavy atom. The van der Waals surface area contributed by atoms with E-state index in [1.807, 2.05) is 13.8 Å². The number of ether oxygens (including phenoxy) is 1. The molecule has 0 bridgehead atoms. The fourth-order valence-electron chi connectivity index (χ4n) is 1.47. The van der Waals surface area contributed by atoms with Gasteiger partial charge in [-0.3, -0.25) is 0 Å². The normalized spacial score (nSPS) is 11.1. The highest BCUT2D eigenvalue weighted by Gasteiger charge is 2.10. The molecule has 0 aromatic carbocycles. The molecule has 2 heterocycles. The van der Waals surface area contributed by atoms with E-state index >= 15 is 0 Å². The predicted molar refractivity (Wildman–Crippen MR) is 67.9 cm³/mol. The Balaban J connectivity index is 1.99. The number of hydrogen-bond acceptors (Lipinski definition) is 7. The van der Waals surface area contributed by atoms with Crippen LogP contribution in [0, 0.1) is 13.8 Å². The Labute approximate surface area is 109 Å². The van der Waals surface area contributed by atoms with Crippen molar-refractivity contribution in [3.8, 4) is 5.13 Å². The predicted octanol–water partition coefficient (Wildman–Crippen LogP) is 0.472. The average Bonchev–Trinajstić information content (AvgIpc) is 2.91. The van der Waals surface area contributed by atoms with E-state index in [1.165, 1.54) is 11.3 Å². The third kappa shape index (κ3) is 3.09. The molecule has 0 spiro atoms. The third-order valence-electron chi connectivity index (χ3n) is 2.27. The van der Waals surface area contributed by atoms with Gasteiger partial charge in [-0.05, 0) is 13.8 Å². The van der Waals surface area contributed by atoms with Gasteiger partial charge >= 0.3 is 0 Å². The maximum Gasteiger partial charge on any atom is 0.234 e. The molecular formula is C10H16N6OS. The van der Waals surface area contributed by atoms with Gasteiger partial charge in [-0.2, -0.15) is 4.68 Å². The van der Waals surface area contributed by atoms with E-state index in [9.17, 15) is 0 Å². The summed E-state index contributed by atoms with van der Waals surface area (Å²) in [7, 11) is 1.68. The summed E-state index contributed by atoms with van der Waals surface area (Å²) in [5.74, 6) is 1.56. The van der Waals surface area contributed by atoms with Gasteiger partial charge in [0.2, 0.25) is 5.13 Å². The highest BCUT2D eigenvalue weighted by Crippen LogP contribution is 2.15. The van der Waals surface area contributed by atoms with E-state index in [0.29, 0.717) is 13.2 Å². The molecule has 0 radical (unpaired) electrons. The van der Waals surface area contributed by atoms with E-state index in [-0.39, 0.29) is 0 Å². The van der Waals surface area contributed by atoms with E-state index in [0.717, 1.165) is 28.3 Å². The van der Waals surface area contributed by atoms with Crippen LogP contribution >= 0.6 is 11.3 Å². The van der Waals surface area contributed by atoms with Crippen LogP contribution in [0.1, 0.15) is 16.7 Å². The monoisotopic (exact) mass is 268 g/mol. The zero-order valence-corrected chi connectivity index (χ0v) is 11.5. The van der Waals surface area contributed by atoms with Gasteiger partial charge < -0.3 is 10.1 Å². The van der Waals surface area contributed by atoms with Gasteiger partial charge in [0.05, 0.1) is 6.61 Å². The van der Waals surface area contributed by atoms with Crippen LogP contribution in [-0.4, -0.2) is 45.2 Å². The Hall–Kier alpha value is -1.38. The average molecular weight is 268 g/mol. The minimum Gasteiger partial charge on any atom is -0.383 e. The van der Waals surface area contributed by atoms with Crippen molar-refractivity contribution in [3.05, 3.63) is 16.7 Å². The number of aromatic nitrogens is 5. The summed E-state index contributed by atoms with van der Waals surface area (Å²) in [6, 6.07) is 0. The standard InChI is InChI=1S/C10H16N6OS/c1-7-12-8(2)16(15-7)10-14-13-9(18-10)6-11-4-5-17-3/h11H,4-6H2,1-3H3. The molecule has 0 aliphatic carbocycles. The van der Waals surface area contributed by atoms with E-state index in [2.05, 4.69) is 25.6 Å². The second-order valence-corrected chi connectivity index (χ2v) is 4.81. The van der Waals surface area contributed by atoms with Crippen LogP contribution in [0.3, 0.4) is 0 Å². The highest BCUT2D eigenvalue weighted by molar-refractivity contribution is 7.13. The first-order chi connectivity index (χ1) is 8.70. The van der Waals surface area contributed by atoms with Gasteiger partial charge in [0, 0.05) is 20.2 Å². The van der Waals surface area contributed by atoms with Crippen molar-refractivity contribution < 1.29 is 4.74 Å². The molecule has 0 atom stereocenters. The summed E-state index contributed by atoms with van der Waals surface area (Å²) in [5.41, 5.74) is 0. The fraction of sp³-hybridized carbons (Fsp3) is 0.600. The van der Waals surface area contributed by atoms with Crippen molar-refractivity contribution in [2.75, 3.05) is 20.3 Å². The maximum atomic E-state index is 4.96. The largest absolute Gasteiger partial charge is 0.383 e. The minimum atomic E-state index is 0.688. The summed E-state index contributed by atoms with van der Waals surface area (Å²) in [5, 5.41) is 17.4. The second kappa shape index (κ2) is 5.98. The van der Waals surface area contributed by atoms with Crippen LogP contribution in [0.2, 0.25) is 0 Å². The number of methoxy groups -OCH3 is 1. The molecular weight excluding hydrogens is 252 g/mol. The zero-order valence-electron chi connectivity index (χ0n) is 10.7. The molecule has 0 unspecified atom stereocenters. The molecule has 2 aromatic rings. The van der Waals surface area contributed by atoms with Crippen molar-refractivity contribution in [1.29, 1.82) is 0 Å². The molecule has 98 valence electrons. The summed E-state index contributed by atoms with van der Waals surface area (Å²) in [6.45, 7) is 5.93. The van der Waals surface area contributed by atoms with Gasteiger partial charge in [-0.15, -0.1) is 15.3 Å². The number of nitrogens with zero attached hydrogens (tertiary/aromatic N) is 5. The van der Waals surface area contributed by atoms with Gasteiger partial charge in [-0.25, -0.2) is 4.98 Å². The van der Waals surface area contributed by atoms with Crippen molar-refractivity contribution >= 4 is 11.3 Å². The molecule has 1 N–H and O–H groups in total. The topological polar surface area (TPSA) is 77.8 Å². The van der Waals surface area contributed by atoms with E-state index < -0.39 is 0 Å². The molecule has 0 fully saturated rings. The van der Waals surface area contributed by atoms with Gasteiger partial charge in [-0.1, -0.05) is 11.3 Å². The Morgan fingerprint density at radius 1 is 1.33 bits per heavy atom. The molecule has 0 saturated heterocycles. The number of aryl methyl sites for hydroxylation is 2. The molecule has 0 aliphatic heterocycles. The third-order valence-corrected chi connectivity index (χ3v) is 3.17. The van der Waals surface area contributed by atoms with Crippen LogP contribution in [-0.2, 0) is 11.3 Å². The van der Waals surface area contributed by atoms with Crippen LogP contribution in [0.4, 0.5) is 0 Å². The van der Waals surface area contributed by atoms with Crippen molar-refractivity contribution in [2.24, 2.45) is 0 Å². The van der Waals surface area contributed by atoms with Crippen molar-refractivity contribution in [3.63, 3.8) is 0 Å². The van der Waals surface area contributed by atoms with Crippen LogP contribution in [0.25, 0.3) is 5.13 Å². The van der Waals surface area contributed by atoms with Crippen LogP contribution in [0.15, 0.2) is 0 Å². The zero-order chi connectivity index (χ0) is 13.0. The van der Waals surface area contributed by atoms with Gasteiger partial charge in [0.1, 0.15) is 16.7 Å². The first-order valence-electron chi connectivity index (χ1n) is 5.63. The summed E-state index contributed by atoms with van der Waals surface area (Å²) in [6.07, 6.45) is 0.